The molecular weight excluding hydrogens is 308 g/mol. The van der Waals surface area contributed by atoms with Crippen LogP contribution in [0, 0.1) is 10.1 Å². The third kappa shape index (κ3) is 5.93. The Hall–Kier alpha value is -0.580. The van der Waals surface area contributed by atoms with Crippen LogP contribution >= 0.6 is 16.6 Å². The molecule has 0 saturated carbocycles. The van der Waals surface area contributed by atoms with Crippen molar-refractivity contribution in [3.63, 3.8) is 0 Å². The summed E-state index contributed by atoms with van der Waals surface area (Å²) in [4.78, 5) is 10.0. The van der Waals surface area contributed by atoms with E-state index in [4.69, 9.17) is 25.4 Å². The summed E-state index contributed by atoms with van der Waals surface area (Å²) in [6.45, 7) is 1.52. The van der Waals surface area contributed by atoms with Crippen LogP contribution in [0.5, 0.6) is 5.75 Å². The number of rotatable bonds is 7. The maximum atomic E-state index is 10.5. The van der Waals surface area contributed by atoms with Gasteiger partial charge in [0.15, 0.2) is 0 Å². The zero-order valence-corrected chi connectivity index (χ0v) is 13.1. The van der Waals surface area contributed by atoms with E-state index in [0.717, 1.165) is 0 Å². The van der Waals surface area contributed by atoms with Gasteiger partial charge in [-0.25, -0.2) is 0 Å². The maximum absolute atomic E-state index is 10.5. The normalized spacial score (nSPS) is 10.6. The van der Waals surface area contributed by atoms with Gasteiger partial charge in [-0.15, -0.1) is 0 Å². The lowest BCUT2D eigenvalue weighted by Gasteiger charge is -2.20. The molecule has 105 valence electrons. The van der Waals surface area contributed by atoms with Gasteiger partial charge in [0.2, 0.25) is 0 Å². The van der Waals surface area contributed by atoms with Gasteiger partial charge >= 0.3 is 6.72 Å². The monoisotopic (exact) mass is 322 g/mol. The van der Waals surface area contributed by atoms with Crippen molar-refractivity contribution in [2.75, 3.05) is 13.2 Å². The third-order valence-electron chi connectivity index (χ3n) is 1.84. The van der Waals surface area contributed by atoms with Gasteiger partial charge < -0.3 is 4.52 Å². The molecule has 9 heteroatoms. The van der Waals surface area contributed by atoms with Gasteiger partial charge in [-0.1, -0.05) is 0 Å². The van der Waals surface area contributed by atoms with Crippen molar-refractivity contribution in [2.45, 2.75) is 13.8 Å². The molecule has 0 heterocycles. The summed E-state index contributed by atoms with van der Waals surface area (Å²) in [5, 5.41) is 10.5. The molecule has 0 amide bonds. The van der Waals surface area contributed by atoms with E-state index in [1.165, 1.54) is 24.3 Å². The lowest BCUT2D eigenvalue weighted by Crippen LogP contribution is -2.02. The van der Waals surface area contributed by atoms with Crippen LogP contribution in [0.1, 0.15) is 13.8 Å². The van der Waals surface area contributed by atoms with Crippen LogP contribution < -0.4 is 4.52 Å². The molecule has 1 aromatic carbocycles. The van der Waals surface area contributed by atoms with Crippen molar-refractivity contribution in [3.05, 3.63) is 34.4 Å². The number of nitro groups is 1. The van der Waals surface area contributed by atoms with Crippen molar-refractivity contribution in [3.8, 4) is 5.75 Å². The van der Waals surface area contributed by atoms with E-state index in [-0.39, 0.29) is 15.6 Å². The molecule has 0 atom stereocenters. The topological polar surface area (TPSA) is 70.8 Å². The number of nitrogens with zero attached hydrogens (tertiary/aromatic N) is 1. The van der Waals surface area contributed by atoms with Gasteiger partial charge in [-0.2, -0.15) is 0 Å². The van der Waals surface area contributed by atoms with Gasteiger partial charge in [0, 0.05) is 33.8 Å². The van der Waals surface area contributed by atoms with Crippen LogP contribution in [0.25, 0.3) is 0 Å². The smallest absolute Gasteiger partial charge is 0.380 e. The SMILES string of the molecule is CCOP(=S)(OCC)Oc1ccc([N+](=O)[O-])cc1.[P]. The fraction of sp³-hybridized carbons (Fsp3) is 0.400. The lowest BCUT2D eigenvalue weighted by molar-refractivity contribution is -0.384. The van der Waals surface area contributed by atoms with Crippen molar-refractivity contribution in [1.82, 2.24) is 0 Å². The van der Waals surface area contributed by atoms with Crippen molar-refractivity contribution in [2.24, 2.45) is 0 Å². The van der Waals surface area contributed by atoms with E-state index in [9.17, 15) is 10.1 Å². The quantitative estimate of drug-likeness (QED) is 0.427. The van der Waals surface area contributed by atoms with E-state index in [0.29, 0.717) is 19.0 Å². The predicted octanol–water partition coefficient (Wildman–Crippen LogP) is 4.13. The molecule has 0 saturated heterocycles. The molecule has 0 bridgehead atoms. The average molecular weight is 322 g/mol. The second-order valence-electron chi connectivity index (χ2n) is 3.13. The zero-order chi connectivity index (χ0) is 13.6. The van der Waals surface area contributed by atoms with Gasteiger partial charge in [-0.3, -0.25) is 19.2 Å². The summed E-state index contributed by atoms with van der Waals surface area (Å²) in [6, 6.07) is 5.62. The largest absolute Gasteiger partial charge is 0.424 e. The van der Waals surface area contributed by atoms with E-state index >= 15 is 0 Å². The van der Waals surface area contributed by atoms with Gasteiger partial charge in [-0.05, 0) is 26.0 Å². The molecule has 0 aromatic heterocycles. The minimum absolute atomic E-state index is 0. The summed E-state index contributed by atoms with van der Waals surface area (Å²) in [7, 11) is 0. The van der Waals surface area contributed by atoms with Gasteiger partial charge in [0.05, 0.1) is 18.1 Å². The minimum atomic E-state index is -2.82. The fourth-order valence-electron chi connectivity index (χ4n) is 1.16. The van der Waals surface area contributed by atoms with Gasteiger partial charge in [0.1, 0.15) is 5.75 Å². The Kier molecular flexibility index (Phi) is 8.30. The summed E-state index contributed by atoms with van der Waals surface area (Å²) in [5.41, 5.74) is -0.0107. The fourth-order valence-corrected chi connectivity index (χ4v) is 3.25. The molecule has 1 rings (SSSR count). The molecule has 6 nitrogen and oxygen atoms in total. The Morgan fingerprint density at radius 3 is 2.05 bits per heavy atom. The number of hydrogen-bond acceptors (Lipinski definition) is 6. The lowest BCUT2D eigenvalue weighted by atomic mass is 10.3. The predicted molar refractivity (Wildman–Crippen MR) is 78.2 cm³/mol. The summed E-state index contributed by atoms with van der Waals surface area (Å²) in [5.74, 6) is 0.394. The molecule has 0 fully saturated rings. The molecule has 0 aliphatic heterocycles. The van der Waals surface area contributed by atoms with E-state index < -0.39 is 11.6 Å². The minimum Gasteiger partial charge on any atom is -0.424 e. The highest BCUT2D eigenvalue weighted by atomic mass is 32.5. The highest BCUT2D eigenvalue weighted by Crippen LogP contribution is 2.49. The Balaban J connectivity index is 0.00000324. The summed E-state index contributed by atoms with van der Waals surface area (Å²) < 4.78 is 16.1. The van der Waals surface area contributed by atoms with E-state index in [1.807, 2.05) is 0 Å². The molecule has 0 N–H and O–H groups in total. The molecule has 0 spiro atoms. The molecular formula is C10H14NO5P2S. The molecule has 0 unspecified atom stereocenters. The van der Waals surface area contributed by atoms with Crippen molar-refractivity contribution in [1.29, 1.82) is 0 Å². The van der Waals surface area contributed by atoms with Crippen LogP contribution in [-0.2, 0) is 20.9 Å². The van der Waals surface area contributed by atoms with Crippen LogP contribution in [0.2, 0.25) is 0 Å². The standard InChI is InChI=1S/C10H14NO5PS.P/c1-3-14-17(18,15-4-2)16-10-7-5-9(6-8-10)11(12)13;/h5-8H,3-4H2,1-2H3;. The summed E-state index contributed by atoms with van der Waals surface area (Å²) >= 11 is 5.18. The first-order chi connectivity index (χ1) is 8.50. The summed E-state index contributed by atoms with van der Waals surface area (Å²) in [6.07, 6.45) is 0. The zero-order valence-electron chi connectivity index (χ0n) is 10.5. The van der Waals surface area contributed by atoms with Crippen molar-refractivity contribution >= 4 is 34.1 Å². The Labute approximate surface area is 120 Å². The second kappa shape index (κ2) is 8.56. The van der Waals surface area contributed by atoms with Crippen LogP contribution in [-0.4, -0.2) is 18.1 Å². The number of hydrogen-bond donors (Lipinski definition) is 0. The highest BCUT2D eigenvalue weighted by Gasteiger charge is 2.21. The van der Waals surface area contributed by atoms with E-state index in [2.05, 4.69) is 0 Å². The number of non-ortho nitro benzene ring substituents is 1. The molecule has 1 aromatic rings. The van der Waals surface area contributed by atoms with Crippen LogP contribution in [0.4, 0.5) is 5.69 Å². The van der Waals surface area contributed by atoms with Crippen molar-refractivity contribution < 1.29 is 18.5 Å². The number of nitro benzene ring substituents is 1. The second-order valence-corrected chi connectivity index (χ2v) is 6.06. The van der Waals surface area contributed by atoms with Crippen LogP contribution in [0.15, 0.2) is 24.3 Å². The highest BCUT2D eigenvalue weighted by molar-refractivity contribution is 8.07. The molecule has 3 radical (unpaired) electrons. The Morgan fingerprint density at radius 1 is 1.21 bits per heavy atom. The first-order valence-corrected chi connectivity index (χ1v) is 7.89. The van der Waals surface area contributed by atoms with E-state index in [1.54, 1.807) is 13.8 Å². The first-order valence-electron chi connectivity index (χ1n) is 5.34. The molecule has 0 aliphatic carbocycles. The number of benzene rings is 1. The van der Waals surface area contributed by atoms with Gasteiger partial charge in [0.25, 0.3) is 5.69 Å². The first kappa shape index (κ1) is 18.4. The third-order valence-corrected chi connectivity index (χ3v) is 4.28. The average Bonchev–Trinajstić information content (AvgIpc) is 2.30. The Morgan fingerprint density at radius 2 is 1.68 bits per heavy atom. The van der Waals surface area contributed by atoms with Crippen LogP contribution in [0.3, 0.4) is 0 Å². The molecule has 0 aliphatic rings. The maximum Gasteiger partial charge on any atom is 0.380 e. The Bertz CT molecular complexity index is 444. The molecule has 19 heavy (non-hydrogen) atoms.